The summed E-state index contributed by atoms with van der Waals surface area (Å²) < 4.78 is 4.87. The van der Waals surface area contributed by atoms with Crippen LogP contribution in [0.5, 0.6) is 0 Å². The number of hydrogen-bond acceptors (Lipinski definition) is 4. The van der Waals surface area contributed by atoms with Gasteiger partial charge in [-0.15, -0.1) is 0 Å². The molecule has 2 rings (SSSR count). The maximum atomic E-state index is 12.0. The number of hydrogen-bond donors (Lipinski definition) is 1. The average Bonchev–Trinajstić information content (AvgIpc) is 2.56. The van der Waals surface area contributed by atoms with E-state index in [1.54, 1.807) is 12.1 Å². The number of esters is 1. The van der Waals surface area contributed by atoms with Gasteiger partial charge in [-0.05, 0) is 17.7 Å². The van der Waals surface area contributed by atoms with Gasteiger partial charge in [0, 0.05) is 6.54 Å². The van der Waals surface area contributed by atoms with E-state index in [0.717, 1.165) is 5.56 Å². The van der Waals surface area contributed by atoms with Crippen molar-refractivity contribution in [1.29, 1.82) is 5.26 Å². The van der Waals surface area contributed by atoms with Crippen LogP contribution in [0.1, 0.15) is 17.0 Å². The fourth-order valence-corrected chi connectivity index (χ4v) is 2.11. The topological polar surface area (TPSA) is 62.1 Å². The number of carbonyl (C=O) groups excluding carboxylic acids is 1. The number of nitriles is 1. The maximum absolute atomic E-state index is 12.0. The zero-order chi connectivity index (χ0) is 15.1. The van der Waals surface area contributed by atoms with E-state index in [1.165, 1.54) is 7.11 Å². The molecule has 0 radical (unpaired) electrons. The lowest BCUT2D eigenvalue weighted by atomic mass is 9.99. The Morgan fingerprint density at radius 1 is 1.19 bits per heavy atom. The number of carbonyl (C=O) groups is 1. The van der Waals surface area contributed by atoms with Crippen LogP contribution in [0, 0.1) is 11.3 Å². The third-order valence-electron chi connectivity index (χ3n) is 3.23. The standard InChI is InChI=1S/C17H16N2O2/c1-21-17(20)15(13-7-3-2-4-8-13)12-19-16-10-6-5-9-14(16)11-18/h2-10,15,19H,12H2,1H3. The van der Waals surface area contributed by atoms with E-state index in [4.69, 9.17) is 10.00 Å². The second kappa shape index (κ2) is 7.11. The highest BCUT2D eigenvalue weighted by Crippen LogP contribution is 2.20. The second-order valence-electron chi connectivity index (χ2n) is 4.52. The summed E-state index contributed by atoms with van der Waals surface area (Å²) >= 11 is 0. The molecule has 4 nitrogen and oxygen atoms in total. The van der Waals surface area contributed by atoms with E-state index in [9.17, 15) is 4.79 Å². The van der Waals surface area contributed by atoms with Crippen LogP contribution >= 0.6 is 0 Å². The number of rotatable bonds is 5. The summed E-state index contributed by atoms with van der Waals surface area (Å²) in [4.78, 5) is 12.0. The van der Waals surface area contributed by atoms with Crippen LogP contribution in [0.3, 0.4) is 0 Å². The SMILES string of the molecule is COC(=O)C(CNc1ccccc1C#N)c1ccccc1. The number of methoxy groups -OCH3 is 1. The van der Waals surface area contributed by atoms with Gasteiger partial charge in [-0.2, -0.15) is 5.26 Å². The van der Waals surface area contributed by atoms with E-state index in [1.807, 2.05) is 42.5 Å². The van der Waals surface area contributed by atoms with E-state index in [0.29, 0.717) is 17.8 Å². The molecule has 0 aromatic heterocycles. The van der Waals surface area contributed by atoms with Gasteiger partial charge in [0.15, 0.2) is 0 Å². The van der Waals surface area contributed by atoms with Crippen LogP contribution in [0.4, 0.5) is 5.69 Å². The summed E-state index contributed by atoms with van der Waals surface area (Å²) in [7, 11) is 1.38. The van der Waals surface area contributed by atoms with E-state index >= 15 is 0 Å². The molecule has 0 bridgehead atoms. The van der Waals surface area contributed by atoms with E-state index in [2.05, 4.69) is 11.4 Å². The first-order valence-electron chi connectivity index (χ1n) is 6.62. The summed E-state index contributed by atoms with van der Waals surface area (Å²) in [5.41, 5.74) is 2.14. The van der Waals surface area contributed by atoms with Gasteiger partial charge in [-0.25, -0.2) is 0 Å². The molecule has 0 saturated heterocycles. The minimum atomic E-state index is -0.414. The molecule has 0 aliphatic rings. The van der Waals surface area contributed by atoms with Gasteiger partial charge in [-0.1, -0.05) is 42.5 Å². The third-order valence-corrected chi connectivity index (χ3v) is 3.23. The molecule has 0 fully saturated rings. The van der Waals surface area contributed by atoms with Crippen molar-refractivity contribution in [3.63, 3.8) is 0 Å². The predicted molar refractivity (Wildman–Crippen MR) is 80.8 cm³/mol. The molecule has 4 heteroatoms. The Kier molecular flexibility index (Phi) is 4.94. The van der Waals surface area contributed by atoms with Crippen molar-refractivity contribution in [2.24, 2.45) is 0 Å². The van der Waals surface area contributed by atoms with Gasteiger partial charge in [0.1, 0.15) is 6.07 Å². The second-order valence-corrected chi connectivity index (χ2v) is 4.52. The monoisotopic (exact) mass is 280 g/mol. The minimum absolute atomic E-state index is 0.303. The van der Waals surface area contributed by atoms with Gasteiger partial charge < -0.3 is 10.1 Å². The fraction of sp³-hybridized carbons (Fsp3) is 0.176. The Hall–Kier alpha value is -2.80. The molecule has 1 atom stereocenters. The fourth-order valence-electron chi connectivity index (χ4n) is 2.11. The summed E-state index contributed by atoms with van der Waals surface area (Å²) in [6, 6.07) is 18.8. The molecular weight excluding hydrogens is 264 g/mol. The molecule has 2 aromatic carbocycles. The lowest BCUT2D eigenvalue weighted by molar-refractivity contribution is -0.142. The summed E-state index contributed by atoms with van der Waals surface area (Å²) in [5, 5.41) is 12.2. The lowest BCUT2D eigenvalue weighted by Crippen LogP contribution is -2.22. The normalized spacial score (nSPS) is 11.2. The zero-order valence-corrected chi connectivity index (χ0v) is 11.7. The summed E-state index contributed by atoms with van der Waals surface area (Å²) in [6.07, 6.45) is 0. The molecule has 0 amide bonds. The Morgan fingerprint density at radius 3 is 2.52 bits per heavy atom. The van der Waals surface area contributed by atoms with Crippen molar-refractivity contribution in [3.8, 4) is 6.07 Å². The number of ether oxygens (including phenoxy) is 1. The van der Waals surface area contributed by atoms with Crippen LogP contribution < -0.4 is 5.32 Å². The van der Waals surface area contributed by atoms with Crippen LogP contribution in [0.25, 0.3) is 0 Å². The first-order valence-corrected chi connectivity index (χ1v) is 6.62. The Labute approximate surface area is 124 Å². The first-order chi connectivity index (χ1) is 10.3. The molecule has 2 aromatic rings. The van der Waals surface area contributed by atoms with Gasteiger partial charge in [0.2, 0.25) is 0 Å². The third kappa shape index (κ3) is 3.61. The lowest BCUT2D eigenvalue weighted by Gasteiger charge is -2.17. The summed E-state index contributed by atoms with van der Waals surface area (Å²) in [6.45, 7) is 0.370. The van der Waals surface area contributed by atoms with Crippen molar-refractivity contribution in [1.82, 2.24) is 0 Å². The average molecular weight is 280 g/mol. The molecule has 1 N–H and O–H groups in total. The smallest absolute Gasteiger partial charge is 0.314 e. The highest BCUT2D eigenvalue weighted by molar-refractivity contribution is 5.79. The van der Waals surface area contributed by atoms with Crippen LogP contribution in [-0.2, 0) is 9.53 Å². The largest absolute Gasteiger partial charge is 0.468 e. The van der Waals surface area contributed by atoms with Gasteiger partial charge in [-0.3, -0.25) is 4.79 Å². The van der Waals surface area contributed by atoms with Gasteiger partial charge in [0.05, 0.1) is 24.3 Å². The maximum Gasteiger partial charge on any atom is 0.314 e. The number of nitrogens with zero attached hydrogens (tertiary/aromatic N) is 1. The van der Waals surface area contributed by atoms with Crippen molar-refractivity contribution in [2.45, 2.75) is 5.92 Å². The molecule has 106 valence electrons. The van der Waals surface area contributed by atoms with Crippen LogP contribution in [-0.4, -0.2) is 19.6 Å². The molecular formula is C17H16N2O2. The molecule has 21 heavy (non-hydrogen) atoms. The molecule has 0 saturated carbocycles. The molecule has 0 heterocycles. The van der Waals surface area contributed by atoms with Crippen molar-refractivity contribution in [3.05, 3.63) is 65.7 Å². The van der Waals surface area contributed by atoms with Gasteiger partial charge >= 0.3 is 5.97 Å². The van der Waals surface area contributed by atoms with Gasteiger partial charge in [0.25, 0.3) is 0 Å². The number of para-hydroxylation sites is 1. The van der Waals surface area contributed by atoms with E-state index in [-0.39, 0.29) is 5.97 Å². The zero-order valence-electron chi connectivity index (χ0n) is 11.7. The Morgan fingerprint density at radius 2 is 1.86 bits per heavy atom. The Bertz CT molecular complexity index is 647. The molecule has 0 spiro atoms. The first kappa shape index (κ1) is 14.6. The van der Waals surface area contributed by atoms with Crippen molar-refractivity contribution < 1.29 is 9.53 Å². The van der Waals surface area contributed by atoms with Crippen LogP contribution in [0.2, 0.25) is 0 Å². The number of benzene rings is 2. The highest BCUT2D eigenvalue weighted by atomic mass is 16.5. The molecule has 0 aliphatic heterocycles. The highest BCUT2D eigenvalue weighted by Gasteiger charge is 2.21. The quantitative estimate of drug-likeness (QED) is 0.855. The van der Waals surface area contributed by atoms with Crippen molar-refractivity contribution in [2.75, 3.05) is 19.0 Å². The molecule has 0 aliphatic carbocycles. The minimum Gasteiger partial charge on any atom is -0.468 e. The number of anilines is 1. The number of nitrogens with one attached hydrogen (secondary N) is 1. The predicted octanol–water partition coefficient (Wildman–Crippen LogP) is 2.93. The van der Waals surface area contributed by atoms with E-state index < -0.39 is 5.92 Å². The van der Waals surface area contributed by atoms with Crippen LogP contribution in [0.15, 0.2) is 54.6 Å². The van der Waals surface area contributed by atoms with Crippen molar-refractivity contribution >= 4 is 11.7 Å². The Balaban J connectivity index is 2.17. The molecule has 1 unspecified atom stereocenters. The summed E-state index contributed by atoms with van der Waals surface area (Å²) in [5.74, 6) is -0.717.